The number of imide groups is 1. The van der Waals surface area contributed by atoms with Crippen molar-refractivity contribution < 1.29 is 14.5 Å². The highest BCUT2D eigenvalue weighted by Gasteiger charge is 2.41. The van der Waals surface area contributed by atoms with Crippen LogP contribution in [0.4, 0.5) is 11.4 Å². The lowest BCUT2D eigenvalue weighted by Gasteiger charge is -2.14. The van der Waals surface area contributed by atoms with Crippen molar-refractivity contribution >= 4 is 23.2 Å². The van der Waals surface area contributed by atoms with Gasteiger partial charge in [-0.15, -0.1) is 0 Å². The molecule has 7 heteroatoms. The first-order chi connectivity index (χ1) is 13.1. The summed E-state index contributed by atoms with van der Waals surface area (Å²) in [5.74, 6) is -1.23. The Hall–Kier alpha value is -3.87. The summed E-state index contributed by atoms with van der Waals surface area (Å²) in [6, 6.07) is 14.9. The van der Waals surface area contributed by atoms with Gasteiger partial charge < -0.3 is 0 Å². The van der Waals surface area contributed by atoms with Gasteiger partial charge in [-0.05, 0) is 47.9 Å². The van der Waals surface area contributed by atoms with Gasteiger partial charge in [0, 0.05) is 18.5 Å². The molecule has 3 aromatic rings. The van der Waals surface area contributed by atoms with Crippen LogP contribution in [0.2, 0.25) is 0 Å². The normalized spacial score (nSPS) is 13.0. The maximum Gasteiger partial charge on any atom is 0.283 e. The van der Waals surface area contributed by atoms with Gasteiger partial charge in [0.15, 0.2) is 0 Å². The first-order valence-corrected chi connectivity index (χ1v) is 8.20. The van der Waals surface area contributed by atoms with Crippen molar-refractivity contribution in [1.82, 2.24) is 4.98 Å². The van der Waals surface area contributed by atoms with Gasteiger partial charge in [-0.3, -0.25) is 24.7 Å². The Bertz CT molecular complexity index is 1060. The number of nitrogens with zero attached hydrogens (tertiary/aromatic N) is 3. The van der Waals surface area contributed by atoms with E-state index in [0.717, 1.165) is 16.0 Å². The summed E-state index contributed by atoms with van der Waals surface area (Å²) in [4.78, 5) is 40.8. The van der Waals surface area contributed by atoms with Gasteiger partial charge in [-0.25, -0.2) is 4.90 Å². The Morgan fingerprint density at radius 1 is 0.889 bits per heavy atom. The molecule has 0 bridgehead atoms. The molecule has 132 valence electrons. The van der Waals surface area contributed by atoms with Gasteiger partial charge in [-0.2, -0.15) is 0 Å². The van der Waals surface area contributed by atoms with Crippen LogP contribution in [0.15, 0.2) is 67.0 Å². The third-order valence-corrected chi connectivity index (χ3v) is 4.44. The predicted molar refractivity (Wildman–Crippen MR) is 97.7 cm³/mol. The molecule has 4 rings (SSSR count). The standard InChI is InChI=1S/C20H13N3O4/c24-19-16-2-1-3-17(23(26)27)18(16)20(25)22(19)15-6-4-13(5-7-15)12-14-8-10-21-11-9-14/h1-11H,12H2. The Morgan fingerprint density at radius 2 is 1.56 bits per heavy atom. The number of carbonyl (C=O) groups excluding carboxylic acids is 2. The second-order valence-corrected chi connectivity index (χ2v) is 6.10. The van der Waals surface area contributed by atoms with Gasteiger partial charge in [0.1, 0.15) is 5.56 Å². The summed E-state index contributed by atoms with van der Waals surface area (Å²) < 4.78 is 0. The van der Waals surface area contributed by atoms with Gasteiger partial charge in [0.2, 0.25) is 0 Å². The number of rotatable bonds is 4. The van der Waals surface area contributed by atoms with Gasteiger partial charge in [0.05, 0.1) is 16.2 Å². The van der Waals surface area contributed by atoms with E-state index in [4.69, 9.17) is 0 Å². The van der Waals surface area contributed by atoms with Gasteiger partial charge in [0.25, 0.3) is 17.5 Å². The molecule has 1 aromatic heterocycles. The summed E-state index contributed by atoms with van der Waals surface area (Å²) in [5, 5.41) is 11.2. The number of aromatic nitrogens is 1. The zero-order valence-electron chi connectivity index (χ0n) is 14.0. The molecule has 0 unspecified atom stereocenters. The van der Waals surface area contributed by atoms with Crippen molar-refractivity contribution in [2.45, 2.75) is 6.42 Å². The topological polar surface area (TPSA) is 93.4 Å². The molecule has 0 spiro atoms. The van der Waals surface area contributed by atoms with Gasteiger partial charge in [-0.1, -0.05) is 18.2 Å². The van der Waals surface area contributed by atoms with E-state index in [1.165, 1.54) is 18.2 Å². The number of fused-ring (bicyclic) bond motifs is 1. The first kappa shape index (κ1) is 16.6. The maximum atomic E-state index is 12.7. The van der Waals surface area contributed by atoms with E-state index in [0.29, 0.717) is 12.1 Å². The highest BCUT2D eigenvalue weighted by molar-refractivity contribution is 6.35. The molecule has 0 saturated heterocycles. The second-order valence-electron chi connectivity index (χ2n) is 6.10. The Balaban J connectivity index is 1.64. The van der Waals surface area contributed by atoms with Crippen molar-refractivity contribution in [1.29, 1.82) is 0 Å². The number of carbonyl (C=O) groups is 2. The maximum absolute atomic E-state index is 12.7. The number of nitro benzene ring substituents is 1. The van der Waals surface area contributed by atoms with Crippen LogP contribution in [0.1, 0.15) is 31.8 Å². The van der Waals surface area contributed by atoms with E-state index in [-0.39, 0.29) is 16.8 Å². The van der Waals surface area contributed by atoms with Crippen molar-refractivity contribution in [3.05, 3.63) is 99.4 Å². The minimum Gasteiger partial charge on any atom is -0.268 e. The lowest BCUT2D eigenvalue weighted by Crippen LogP contribution is -2.29. The van der Waals surface area contributed by atoms with E-state index in [1.54, 1.807) is 24.5 Å². The summed E-state index contributed by atoms with van der Waals surface area (Å²) in [7, 11) is 0. The fraction of sp³-hybridized carbons (Fsp3) is 0.0500. The summed E-state index contributed by atoms with van der Waals surface area (Å²) in [6.07, 6.45) is 4.13. The molecule has 0 aliphatic carbocycles. The molecule has 0 saturated carbocycles. The molecule has 1 aliphatic heterocycles. The van der Waals surface area contributed by atoms with E-state index >= 15 is 0 Å². The van der Waals surface area contributed by atoms with Crippen LogP contribution in [0.5, 0.6) is 0 Å². The average molecular weight is 359 g/mol. The third-order valence-electron chi connectivity index (χ3n) is 4.44. The van der Waals surface area contributed by atoms with Crippen LogP contribution in [0, 0.1) is 10.1 Å². The Morgan fingerprint density at radius 3 is 2.22 bits per heavy atom. The molecule has 0 radical (unpaired) electrons. The van der Waals surface area contributed by atoms with Crippen LogP contribution in [0.3, 0.4) is 0 Å². The molecular weight excluding hydrogens is 346 g/mol. The zero-order valence-corrected chi connectivity index (χ0v) is 14.0. The highest BCUT2D eigenvalue weighted by atomic mass is 16.6. The highest BCUT2D eigenvalue weighted by Crippen LogP contribution is 2.33. The molecule has 0 fully saturated rings. The molecular formula is C20H13N3O4. The van der Waals surface area contributed by atoms with E-state index in [9.17, 15) is 19.7 Å². The molecule has 2 heterocycles. The second kappa shape index (κ2) is 6.45. The first-order valence-electron chi connectivity index (χ1n) is 8.20. The van der Waals surface area contributed by atoms with Crippen LogP contribution in [-0.4, -0.2) is 21.7 Å². The van der Waals surface area contributed by atoms with Crippen LogP contribution in [-0.2, 0) is 6.42 Å². The zero-order chi connectivity index (χ0) is 19.0. The SMILES string of the molecule is O=C1c2cccc([N+](=O)[O-])c2C(=O)N1c1ccc(Cc2ccncc2)cc1. The fourth-order valence-electron chi connectivity index (χ4n) is 3.15. The Labute approximate surface area is 154 Å². The molecule has 2 amide bonds. The Kier molecular flexibility index (Phi) is 3.97. The van der Waals surface area contributed by atoms with Crippen molar-refractivity contribution in [3.63, 3.8) is 0 Å². The summed E-state index contributed by atoms with van der Waals surface area (Å²) in [6.45, 7) is 0. The monoisotopic (exact) mass is 359 g/mol. The number of nitro groups is 1. The summed E-state index contributed by atoms with van der Waals surface area (Å²) in [5.41, 5.74) is 2.02. The van der Waals surface area contributed by atoms with Crippen molar-refractivity contribution in [2.75, 3.05) is 4.90 Å². The lowest BCUT2D eigenvalue weighted by molar-refractivity contribution is -0.385. The minimum atomic E-state index is -0.677. The average Bonchev–Trinajstić information content (AvgIpc) is 2.94. The quantitative estimate of drug-likeness (QED) is 0.404. The van der Waals surface area contributed by atoms with E-state index < -0.39 is 16.7 Å². The molecule has 0 atom stereocenters. The van der Waals surface area contributed by atoms with Crippen molar-refractivity contribution in [2.24, 2.45) is 0 Å². The summed E-state index contributed by atoms with van der Waals surface area (Å²) >= 11 is 0. The van der Waals surface area contributed by atoms with Crippen LogP contribution in [0.25, 0.3) is 0 Å². The largest absolute Gasteiger partial charge is 0.283 e. The van der Waals surface area contributed by atoms with E-state index in [2.05, 4.69) is 4.98 Å². The number of pyridine rings is 1. The number of benzene rings is 2. The third kappa shape index (κ3) is 2.85. The number of amides is 2. The van der Waals surface area contributed by atoms with Crippen LogP contribution >= 0.6 is 0 Å². The number of hydrogen-bond donors (Lipinski definition) is 0. The fourth-order valence-corrected chi connectivity index (χ4v) is 3.15. The molecule has 7 nitrogen and oxygen atoms in total. The minimum absolute atomic E-state index is 0.0510. The van der Waals surface area contributed by atoms with Crippen LogP contribution < -0.4 is 4.90 Å². The molecule has 27 heavy (non-hydrogen) atoms. The predicted octanol–water partition coefficient (Wildman–Crippen LogP) is 3.38. The molecule has 1 aliphatic rings. The van der Waals surface area contributed by atoms with Gasteiger partial charge >= 0.3 is 0 Å². The molecule has 2 aromatic carbocycles. The number of anilines is 1. The smallest absolute Gasteiger partial charge is 0.268 e. The van der Waals surface area contributed by atoms with E-state index in [1.807, 2.05) is 24.3 Å². The molecule has 0 N–H and O–H groups in total. The van der Waals surface area contributed by atoms with Crippen molar-refractivity contribution in [3.8, 4) is 0 Å². The number of hydrogen-bond acceptors (Lipinski definition) is 5. The lowest BCUT2D eigenvalue weighted by atomic mass is 10.1.